The summed E-state index contributed by atoms with van der Waals surface area (Å²) in [4.78, 5) is 12.9. The number of hydrogen-bond acceptors (Lipinski definition) is 2. The highest BCUT2D eigenvalue weighted by Crippen LogP contribution is 2.00. The summed E-state index contributed by atoms with van der Waals surface area (Å²) in [5.74, 6) is -0.556. The number of carbonyl (C=O) groups excluding carboxylic acids is 1. The summed E-state index contributed by atoms with van der Waals surface area (Å²) >= 11 is 0. The van der Waals surface area contributed by atoms with Crippen LogP contribution >= 0.6 is 0 Å². The normalized spacial score (nSPS) is 11.7. The van der Waals surface area contributed by atoms with Gasteiger partial charge in [-0.05, 0) is 12.0 Å². The largest absolute Gasteiger partial charge is 0.369 e. The van der Waals surface area contributed by atoms with Crippen LogP contribution in [0.3, 0.4) is 0 Å². The third kappa shape index (κ3) is 2.94. The lowest BCUT2D eigenvalue weighted by Crippen LogP contribution is -2.25. The predicted octanol–water partition coefficient (Wildman–Crippen LogP) is 0.951. The highest BCUT2D eigenvalue weighted by Gasteiger charge is 2.10. The fourth-order valence-corrected chi connectivity index (χ4v) is 0.593. The number of hydrogen-bond donors (Lipinski definition) is 1. The number of azide groups is 1. The summed E-state index contributed by atoms with van der Waals surface area (Å²) < 4.78 is 0. The Hall–Kier alpha value is -1.22. The monoisotopic (exact) mass is 142 g/mol. The quantitative estimate of drug-likeness (QED) is 0.353. The van der Waals surface area contributed by atoms with Gasteiger partial charge in [0, 0.05) is 4.91 Å². The molecular weight excluding hydrogens is 132 g/mol. The highest BCUT2D eigenvalue weighted by molar-refractivity contribution is 5.79. The van der Waals surface area contributed by atoms with E-state index in [0.29, 0.717) is 6.42 Å². The minimum absolute atomic E-state index is 0.527. The van der Waals surface area contributed by atoms with E-state index in [2.05, 4.69) is 10.0 Å². The van der Waals surface area contributed by atoms with Gasteiger partial charge >= 0.3 is 0 Å². The Morgan fingerprint density at radius 3 is 2.80 bits per heavy atom. The molecule has 0 fully saturated rings. The van der Waals surface area contributed by atoms with E-state index in [9.17, 15) is 4.79 Å². The van der Waals surface area contributed by atoms with E-state index in [-0.39, 0.29) is 0 Å². The number of nitrogens with zero attached hydrogens (tertiary/aromatic N) is 3. The molecule has 1 amide bonds. The Morgan fingerprint density at radius 1 is 1.90 bits per heavy atom. The third-order valence-electron chi connectivity index (χ3n) is 1.08. The van der Waals surface area contributed by atoms with E-state index in [0.717, 1.165) is 6.42 Å². The zero-order valence-electron chi connectivity index (χ0n) is 5.82. The molecule has 2 N–H and O–H groups in total. The average molecular weight is 142 g/mol. The van der Waals surface area contributed by atoms with Gasteiger partial charge in [0.1, 0.15) is 6.04 Å². The minimum Gasteiger partial charge on any atom is -0.369 e. The van der Waals surface area contributed by atoms with Crippen LogP contribution in [0.4, 0.5) is 0 Å². The van der Waals surface area contributed by atoms with E-state index < -0.39 is 11.9 Å². The number of nitrogens with two attached hydrogens (primary N) is 1. The van der Waals surface area contributed by atoms with E-state index in [1.54, 1.807) is 0 Å². The molecule has 0 rings (SSSR count). The standard InChI is InChI=1S/C5H10N4O/c1-2-3-4(5(6)10)8-9-7/h4H,2-3H2,1H3,(H2,6,10). The SMILES string of the molecule is CCCC(N=[N+]=[N-])C(N)=O. The molecule has 0 aromatic carbocycles. The molecular formula is C5H10N4O. The molecule has 0 aromatic rings. The zero-order chi connectivity index (χ0) is 7.98. The van der Waals surface area contributed by atoms with Gasteiger partial charge in [-0.25, -0.2) is 0 Å². The van der Waals surface area contributed by atoms with E-state index >= 15 is 0 Å². The van der Waals surface area contributed by atoms with Crippen molar-refractivity contribution in [1.29, 1.82) is 0 Å². The van der Waals surface area contributed by atoms with Crippen LogP contribution in [0, 0.1) is 0 Å². The molecule has 0 heterocycles. The van der Waals surface area contributed by atoms with Gasteiger partial charge in [0.05, 0.1) is 0 Å². The Bertz CT molecular complexity index is 159. The summed E-state index contributed by atoms with van der Waals surface area (Å²) in [6.45, 7) is 1.89. The first-order valence-corrected chi connectivity index (χ1v) is 3.06. The van der Waals surface area contributed by atoms with Gasteiger partial charge in [0.25, 0.3) is 0 Å². The number of rotatable bonds is 4. The molecule has 0 saturated heterocycles. The molecule has 5 heteroatoms. The first-order valence-electron chi connectivity index (χ1n) is 3.06. The van der Waals surface area contributed by atoms with Crippen molar-refractivity contribution in [2.75, 3.05) is 0 Å². The summed E-state index contributed by atoms with van der Waals surface area (Å²) in [5.41, 5.74) is 12.9. The molecule has 0 aromatic heterocycles. The van der Waals surface area contributed by atoms with Crippen LogP contribution in [-0.2, 0) is 4.79 Å². The van der Waals surface area contributed by atoms with Crippen LogP contribution in [0.2, 0.25) is 0 Å². The first kappa shape index (κ1) is 8.78. The molecule has 0 radical (unpaired) electrons. The molecule has 0 spiro atoms. The lowest BCUT2D eigenvalue weighted by Gasteiger charge is -2.01. The third-order valence-corrected chi connectivity index (χ3v) is 1.08. The van der Waals surface area contributed by atoms with Crippen molar-refractivity contribution in [2.45, 2.75) is 25.8 Å². The minimum atomic E-state index is -0.671. The molecule has 0 aliphatic carbocycles. The molecule has 10 heavy (non-hydrogen) atoms. The number of carbonyl (C=O) groups is 1. The lowest BCUT2D eigenvalue weighted by molar-refractivity contribution is -0.119. The van der Waals surface area contributed by atoms with Crippen LogP contribution in [0.15, 0.2) is 5.11 Å². The molecule has 56 valence electrons. The van der Waals surface area contributed by atoms with Crippen LogP contribution in [0.5, 0.6) is 0 Å². The average Bonchev–Trinajstić information content (AvgIpc) is 1.87. The van der Waals surface area contributed by atoms with E-state index in [4.69, 9.17) is 11.3 Å². The Morgan fingerprint density at radius 2 is 2.50 bits per heavy atom. The molecule has 1 atom stereocenters. The zero-order valence-corrected chi connectivity index (χ0v) is 5.82. The highest BCUT2D eigenvalue weighted by atomic mass is 16.1. The fraction of sp³-hybridized carbons (Fsp3) is 0.800. The molecule has 0 bridgehead atoms. The summed E-state index contributed by atoms with van der Waals surface area (Å²) in [6.07, 6.45) is 1.31. The molecule has 1 unspecified atom stereocenters. The van der Waals surface area contributed by atoms with Gasteiger partial charge in [-0.2, -0.15) is 0 Å². The van der Waals surface area contributed by atoms with Gasteiger partial charge in [-0.15, -0.1) is 0 Å². The summed E-state index contributed by atoms with van der Waals surface area (Å²) in [6, 6.07) is -0.671. The van der Waals surface area contributed by atoms with Crippen LogP contribution in [0.1, 0.15) is 19.8 Å². The summed E-state index contributed by atoms with van der Waals surface area (Å²) in [5, 5.41) is 3.22. The number of amides is 1. The number of primary amides is 1. The van der Waals surface area contributed by atoms with Crippen LogP contribution in [-0.4, -0.2) is 11.9 Å². The first-order chi connectivity index (χ1) is 4.72. The second kappa shape index (κ2) is 4.64. The maximum Gasteiger partial charge on any atom is 0.226 e. The fourth-order valence-electron chi connectivity index (χ4n) is 0.593. The summed E-state index contributed by atoms with van der Waals surface area (Å²) in [7, 11) is 0. The van der Waals surface area contributed by atoms with Crippen LogP contribution < -0.4 is 5.73 Å². The van der Waals surface area contributed by atoms with Crippen molar-refractivity contribution in [3.05, 3.63) is 10.4 Å². The van der Waals surface area contributed by atoms with Crippen molar-refractivity contribution in [3.8, 4) is 0 Å². The van der Waals surface area contributed by atoms with Crippen molar-refractivity contribution in [3.63, 3.8) is 0 Å². The maximum atomic E-state index is 10.4. The topological polar surface area (TPSA) is 91.8 Å². The van der Waals surface area contributed by atoms with Gasteiger partial charge in [0.2, 0.25) is 5.91 Å². The van der Waals surface area contributed by atoms with Gasteiger partial charge in [0.15, 0.2) is 0 Å². The smallest absolute Gasteiger partial charge is 0.226 e. The van der Waals surface area contributed by atoms with Crippen molar-refractivity contribution in [2.24, 2.45) is 10.8 Å². The van der Waals surface area contributed by atoms with Crippen molar-refractivity contribution < 1.29 is 4.79 Å². The van der Waals surface area contributed by atoms with Crippen molar-refractivity contribution >= 4 is 5.91 Å². The van der Waals surface area contributed by atoms with E-state index in [1.807, 2.05) is 6.92 Å². The Kier molecular flexibility index (Phi) is 4.07. The lowest BCUT2D eigenvalue weighted by atomic mass is 10.2. The van der Waals surface area contributed by atoms with Gasteiger partial charge < -0.3 is 5.73 Å². The Labute approximate surface area is 58.8 Å². The van der Waals surface area contributed by atoms with Gasteiger partial charge in [-0.1, -0.05) is 18.5 Å². The molecule has 0 aliphatic heterocycles. The maximum absolute atomic E-state index is 10.4. The van der Waals surface area contributed by atoms with E-state index in [1.165, 1.54) is 0 Å². The second-order valence-corrected chi connectivity index (χ2v) is 1.91. The van der Waals surface area contributed by atoms with Gasteiger partial charge in [-0.3, -0.25) is 4.79 Å². The predicted molar refractivity (Wildman–Crippen MR) is 37.0 cm³/mol. The molecule has 0 saturated carbocycles. The Balaban J connectivity index is 3.97. The van der Waals surface area contributed by atoms with Crippen LogP contribution in [0.25, 0.3) is 10.4 Å². The second-order valence-electron chi connectivity index (χ2n) is 1.91. The van der Waals surface area contributed by atoms with Crippen molar-refractivity contribution in [1.82, 2.24) is 0 Å². The molecule has 0 aliphatic rings. The molecule has 5 nitrogen and oxygen atoms in total.